The number of nitrogens with one attached hydrogen (secondary N) is 1. The van der Waals surface area contributed by atoms with Crippen molar-refractivity contribution in [1.29, 1.82) is 0 Å². The molecule has 2 unspecified atom stereocenters. The van der Waals surface area contributed by atoms with Crippen molar-refractivity contribution in [2.24, 2.45) is 0 Å². The second kappa shape index (κ2) is 11.9. The van der Waals surface area contributed by atoms with Crippen LogP contribution in [0.25, 0.3) is 0 Å². The van der Waals surface area contributed by atoms with Gasteiger partial charge in [-0.3, -0.25) is 14.5 Å². The number of benzene rings is 1. The molecule has 3 atom stereocenters. The molecule has 1 saturated heterocycles. The summed E-state index contributed by atoms with van der Waals surface area (Å²) in [6.07, 6.45) is 2.81. The molecule has 2 amide bonds. The molecule has 2 heterocycles. The summed E-state index contributed by atoms with van der Waals surface area (Å²) in [7, 11) is -2.32. The standard InChI is InChI=1S/C24H33BrN2O5SSi/c1-4-12-34(13-5-2,14-6-3)32-24(30)20-18(15-25)16-33(31)23-19(22(29)27(20)23)26-21(28)17-10-8-7-9-11-17/h7-11,19,23H,4-6,12-16H2,1-3H3,(H,26,28)/t19?,23-,33?/m1/s1. The molecule has 10 heteroatoms. The Balaban J connectivity index is 1.85. The fourth-order valence-corrected chi connectivity index (χ4v) is 11.6. The van der Waals surface area contributed by atoms with Crippen molar-refractivity contribution in [1.82, 2.24) is 10.2 Å². The Morgan fingerprint density at radius 3 is 2.26 bits per heavy atom. The van der Waals surface area contributed by atoms with Crippen molar-refractivity contribution in [3.05, 3.63) is 47.2 Å². The van der Waals surface area contributed by atoms with Crippen LogP contribution in [0.15, 0.2) is 41.6 Å². The molecular weight excluding hydrogens is 536 g/mol. The zero-order chi connectivity index (χ0) is 24.9. The van der Waals surface area contributed by atoms with Gasteiger partial charge < -0.3 is 14.3 Å². The number of alkyl halides is 1. The molecule has 34 heavy (non-hydrogen) atoms. The highest BCUT2D eigenvalue weighted by molar-refractivity contribution is 9.09. The Hall–Kier alpha value is -1.62. The minimum absolute atomic E-state index is 0.158. The topological polar surface area (TPSA) is 98.8 Å². The highest BCUT2D eigenvalue weighted by atomic mass is 79.9. The Labute approximate surface area is 214 Å². The van der Waals surface area contributed by atoms with E-state index in [4.69, 9.17) is 4.43 Å². The predicted molar refractivity (Wildman–Crippen MR) is 139 cm³/mol. The van der Waals surface area contributed by atoms with Crippen molar-refractivity contribution in [3.63, 3.8) is 0 Å². The third-order valence-corrected chi connectivity index (χ3v) is 13.5. The average Bonchev–Trinajstić information content (AvgIpc) is 2.82. The van der Waals surface area contributed by atoms with Crippen molar-refractivity contribution < 1.29 is 23.4 Å². The molecule has 186 valence electrons. The summed E-state index contributed by atoms with van der Waals surface area (Å²) in [5.41, 5.74) is 1.23. The molecule has 3 rings (SSSR count). The summed E-state index contributed by atoms with van der Waals surface area (Å²) in [6.45, 7) is 6.30. The predicted octanol–water partition coefficient (Wildman–Crippen LogP) is 4.08. The van der Waals surface area contributed by atoms with Gasteiger partial charge in [0.2, 0.25) is 5.37 Å². The van der Waals surface area contributed by atoms with Crippen molar-refractivity contribution in [2.45, 2.75) is 69.6 Å². The first-order valence-electron chi connectivity index (χ1n) is 11.9. The third kappa shape index (κ3) is 5.45. The molecule has 0 saturated carbocycles. The van der Waals surface area contributed by atoms with Gasteiger partial charge in [-0.15, -0.1) is 0 Å². The number of nitrogens with zero attached hydrogens (tertiary/aromatic N) is 1. The number of β-lactam (4-membered cyclic amide) rings is 1. The number of carbonyl (C=O) groups excluding carboxylic acids is 3. The van der Waals surface area contributed by atoms with Crippen molar-refractivity contribution >= 4 is 53.2 Å². The van der Waals surface area contributed by atoms with Crippen LogP contribution in [0.4, 0.5) is 0 Å². The molecule has 1 N–H and O–H groups in total. The van der Waals surface area contributed by atoms with E-state index in [1.165, 1.54) is 4.90 Å². The average molecular weight is 570 g/mol. The Morgan fingerprint density at radius 1 is 1.15 bits per heavy atom. The van der Waals surface area contributed by atoms with E-state index in [1.54, 1.807) is 30.3 Å². The smallest absolute Gasteiger partial charge is 0.342 e. The van der Waals surface area contributed by atoms with Crippen molar-refractivity contribution in [2.75, 3.05) is 11.1 Å². The number of carbonyl (C=O) groups is 3. The van der Waals surface area contributed by atoms with Gasteiger partial charge in [-0.2, -0.15) is 0 Å². The molecule has 0 spiro atoms. The van der Waals surface area contributed by atoms with E-state index in [-0.39, 0.29) is 11.4 Å². The van der Waals surface area contributed by atoms with Gasteiger partial charge in [0.15, 0.2) is 6.04 Å². The first kappa shape index (κ1) is 27.0. The number of hydrogen-bond acceptors (Lipinski definition) is 5. The van der Waals surface area contributed by atoms with E-state index in [0.29, 0.717) is 16.5 Å². The fraction of sp³-hybridized carbons (Fsp3) is 0.542. The van der Waals surface area contributed by atoms with Gasteiger partial charge in [-0.25, -0.2) is 4.79 Å². The van der Waals surface area contributed by atoms with Crippen LogP contribution in [0.2, 0.25) is 18.1 Å². The van der Waals surface area contributed by atoms with Crippen LogP contribution in [0.5, 0.6) is 0 Å². The number of amides is 2. The molecule has 0 radical (unpaired) electrons. The molecule has 0 aromatic heterocycles. The van der Waals surface area contributed by atoms with E-state index in [9.17, 15) is 18.9 Å². The van der Waals surface area contributed by atoms with E-state index < -0.39 is 48.7 Å². The van der Waals surface area contributed by atoms with Gasteiger partial charge in [0.25, 0.3) is 20.1 Å². The van der Waals surface area contributed by atoms with Gasteiger partial charge in [-0.05, 0) is 41.4 Å². The van der Waals surface area contributed by atoms with Crippen LogP contribution in [0.1, 0.15) is 50.4 Å². The lowest BCUT2D eigenvalue weighted by Crippen LogP contribution is -2.75. The van der Waals surface area contributed by atoms with Crippen molar-refractivity contribution in [3.8, 4) is 0 Å². The van der Waals surface area contributed by atoms with Gasteiger partial charge in [0.05, 0.1) is 0 Å². The van der Waals surface area contributed by atoms with Gasteiger partial charge in [0, 0.05) is 16.5 Å². The summed E-state index contributed by atoms with van der Waals surface area (Å²) in [5, 5.41) is 2.26. The Morgan fingerprint density at radius 2 is 1.74 bits per heavy atom. The maximum Gasteiger partial charge on any atom is 0.342 e. The van der Waals surface area contributed by atoms with Crippen LogP contribution < -0.4 is 5.32 Å². The second-order valence-electron chi connectivity index (χ2n) is 8.85. The van der Waals surface area contributed by atoms with Gasteiger partial charge >= 0.3 is 5.97 Å². The molecular formula is C24H33BrN2O5SSi. The van der Waals surface area contributed by atoms with Crippen LogP contribution in [0.3, 0.4) is 0 Å². The first-order valence-corrected chi connectivity index (χ1v) is 16.9. The highest BCUT2D eigenvalue weighted by Crippen LogP contribution is 2.39. The lowest BCUT2D eigenvalue weighted by molar-refractivity contribution is -0.148. The normalized spacial score (nSPS) is 22.2. The fourth-order valence-electron chi connectivity index (χ4n) is 4.90. The Kier molecular flexibility index (Phi) is 9.42. The van der Waals surface area contributed by atoms with Crippen LogP contribution in [-0.4, -0.2) is 58.1 Å². The second-order valence-corrected chi connectivity index (χ2v) is 15.0. The monoisotopic (exact) mass is 568 g/mol. The molecule has 7 nitrogen and oxygen atoms in total. The summed E-state index contributed by atoms with van der Waals surface area (Å²) in [4.78, 5) is 40.6. The number of rotatable bonds is 11. The van der Waals surface area contributed by atoms with Crippen LogP contribution in [0, 0.1) is 0 Å². The maximum atomic E-state index is 13.6. The minimum atomic E-state index is -2.32. The highest BCUT2D eigenvalue weighted by Gasteiger charge is 2.61. The molecule has 2 aliphatic heterocycles. The molecule has 0 bridgehead atoms. The maximum absolute atomic E-state index is 13.6. The van der Waals surface area contributed by atoms with Gasteiger partial charge in [0.1, 0.15) is 11.4 Å². The lowest BCUT2D eigenvalue weighted by atomic mass is 10.0. The molecule has 0 aliphatic carbocycles. The Bertz CT molecular complexity index is 928. The summed E-state index contributed by atoms with van der Waals surface area (Å²) in [6, 6.07) is 10.3. The van der Waals surface area contributed by atoms with E-state index in [0.717, 1.165) is 37.4 Å². The number of halogens is 1. The SMILES string of the molecule is CCC[Si](CCC)(CCC)OC(=O)C1=C(CBr)C[S+]([O-])[C@@H]2C(NC(=O)c3ccccc3)C(=O)N12. The number of hydrogen-bond donors (Lipinski definition) is 1. The summed E-state index contributed by atoms with van der Waals surface area (Å²) in [5.74, 6) is -1.16. The van der Waals surface area contributed by atoms with Crippen LogP contribution >= 0.6 is 15.9 Å². The van der Waals surface area contributed by atoms with E-state index in [2.05, 4.69) is 42.0 Å². The third-order valence-electron chi connectivity index (χ3n) is 6.31. The van der Waals surface area contributed by atoms with E-state index in [1.807, 2.05) is 0 Å². The summed E-state index contributed by atoms with van der Waals surface area (Å²) >= 11 is 1.95. The largest absolute Gasteiger partial charge is 0.614 e. The zero-order valence-electron chi connectivity index (χ0n) is 20.0. The zero-order valence-corrected chi connectivity index (χ0v) is 23.4. The summed E-state index contributed by atoms with van der Waals surface area (Å²) < 4.78 is 19.3. The molecule has 1 aromatic rings. The number of fused-ring (bicyclic) bond motifs is 1. The van der Waals surface area contributed by atoms with Crippen LogP contribution in [-0.2, 0) is 25.2 Å². The van der Waals surface area contributed by atoms with E-state index >= 15 is 0 Å². The first-order chi connectivity index (χ1) is 16.3. The van der Waals surface area contributed by atoms with Gasteiger partial charge in [-0.1, -0.05) is 74.2 Å². The minimum Gasteiger partial charge on any atom is -0.614 e. The lowest BCUT2D eigenvalue weighted by Gasteiger charge is -2.49. The molecule has 1 fully saturated rings. The molecule has 2 aliphatic rings. The quantitative estimate of drug-likeness (QED) is 0.187. The molecule has 1 aromatic carbocycles.